The molecule has 4 heterocycles. The number of aromatic amines is 1. The topological polar surface area (TPSA) is 140 Å². The Morgan fingerprint density at radius 3 is 2.03 bits per heavy atom. The SMILES string of the molecule is COC(=O)NC(C(=O)N1CCCC1c1ncc(-c2ccc(C#Cc3ccc(C(=O)NCC4CCCN4C(=O)C(c4ccccc4)N4CCCCC4)cc3)cc2)[nH]1)c1ccccc1. The third-order valence-corrected chi connectivity index (χ3v) is 12.2. The summed E-state index contributed by atoms with van der Waals surface area (Å²) in [7, 11) is 1.28. The molecule has 1 aromatic heterocycles. The van der Waals surface area contributed by atoms with E-state index in [1.807, 2.05) is 89.8 Å². The van der Waals surface area contributed by atoms with Crippen LogP contribution in [0.5, 0.6) is 0 Å². The number of nitrogens with zero attached hydrogens (tertiary/aromatic N) is 4. The van der Waals surface area contributed by atoms with Crippen molar-refractivity contribution in [1.29, 1.82) is 0 Å². The van der Waals surface area contributed by atoms with Gasteiger partial charge in [-0.2, -0.15) is 0 Å². The number of rotatable bonds is 11. The molecule has 4 unspecified atom stereocenters. The summed E-state index contributed by atoms with van der Waals surface area (Å²) < 4.78 is 4.82. The predicted octanol–water partition coefficient (Wildman–Crippen LogP) is 7.19. The Hall–Kier alpha value is -6.71. The number of amides is 4. The number of ether oxygens (including phenoxy) is 1. The van der Waals surface area contributed by atoms with E-state index < -0.39 is 12.1 Å². The first-order chi connectivity index (χ1) is 30.4. The van der Waals surface area contributed by atoms with Gasteiger partial charge in [0.1, 0.15) is 17.9 Å². The van der Waals surface area contributed by atoms with Gasteiger partial charge in [-0.15, -0.1) is 0 Å². The Bertz CT molecular complexity index is 2390. The van der Waals surface area contributed by atoms with Gasteiger partial charge >= 0.3 is 6.09 Å². The molecule has 8 rings (SSSR count). The fourth-order valence-electron chi connectivity index (χ4n) is 8.95. The first-order valence-electron chi connectivity index (χ1n) is 21.7. The number of carbonyl (C=O) groups is 4. The average molecular weight is 832 g/mol. The second-order valence-corrected chi connectivity index (χ2v) is 16.2. The molecule has 318 valence electrons. The maximum atomic E-state index is 14.1. The van der Waals surface area contributed by atoms with Gasteiger partial charge in [-0.1, -0.05) is 91.1 Å². The van der Waals surface area contributed by atoms with Crippen molar-refractivity contribution in [1.82, 2.24) is 35.3 Å². The molecule has 4 atom stereocenters. The van der Waals surface area contributed by atoms with E-state index in [2.05, 4.69) is 49.5 Å². The van der Waals surface area contributed by atoms with Crippen molar-refractivity contribution < 1.29 is 23.9 Å². The van der Waals surface area contributed by atoms with Crippen molar-refractivity contribution in [2.45, 2.75) is 69.1 Å². The van der Waals surface area contributed by atoms with E-state index in [-0.39, 0.29) is 35.8 Å². The van der Waals surface area contributed by atoms with Crippen LogP contribution in [0.2, 0.25) is 0 Å². The van der Waals surface area contributed by atoms with E-state index in [4.69, 9.17) is 4.74 Å². The minimum Gasteiger partial charge on any atom is -0.453 e. The lowest BCUT2D eigenvalue weighted by Crippen LogP contribution is -2.49. The van der Waals surface area contributed by atoms with Crippen LogP contribution in [-0.2, 0) is 14.3 Å². The Morgan fingerprint density at radius 1 is 0.726 bits per heavy atom. The number of benzene rings is 4. The molecule has 4 aromatic carbocycles. The van der Waals surface area contributed by atoms with Gasteiger partial charge in [0, 0.05) is 42.4 Å². The van der Waals surface area contributed by atoms with Gasteiger partial charge in [0.05, 0.1) is 25.0 Å². The number of alkyl carbamates (subject to hydrolysis) is 1. The number of likely N-dealkylation sites (tertiary alicyclic amines) is 3. The molecule has 3 N–H and O–H groups in total. The van der Waals surface area contributed by atoms with Crippen molar-refractivity contribution in [3.63, 3.8) is 0 Å². The summed E-state index contributed by atoms with van der Waals surface area (Å²) in [6.45, 7) is 3.51. The van der Waals surface area contributed by atoms with Gasteiger partial charge < -0.3 is 30.2 Å². The number of imidazole rings is 1. The average Bonchev–Trinajstić information content (AvgIpc) is 4.13. The summed E-state index contributed by atoms with van der Waals surface area (Å²) in [5, 5.41) is 5.80. The summed E-state index contributed by atoms with van der Waals surface area (Å²) in [5.74, 6) is 6.86. The van der Waals surface area contributed by atoms with Crippen LogP contribution < -0.4 is 10.6 Å². The highest BCUT2D eigenvalue weighted by molar-refractivity contribution is 5.94. The Balaban J connectivity index is 0.858. The zero-order chi connectivity index (χ0) is 42.8. The number of hydrogen-bond donors (Lipinski definition) is 3. The number of H-pyrrole nitrogens is 1. The van der Waals surface area contributed by atoms with E-state index in [1.165, 1.54) is 13.5 Å². The molecule has 12 heteroatoms. The molecule has 62 heavy (non-hydrogen) atoms. The van der Waals surface area contributed by atoms with E-state index in [1.54, 1.807) is 23.2 Å². The second kappa shape index (κ2) is 19.8. The minimum atomic E-state index is -0.884. The Kier molecular flexibility index (Phi) is 13.4. The summed E-state index contributed by atoms with van der Waals surface area (Å²) in [4.78, 5) is 67.7. The number of nitrogens with one attached hydrogen (secondary N) is 3. The maximum Gasteiger partial charge on any atom is 0.407 e. The van der Waals surface area contributed by atoms with Crippen LogP contribution in [0.1, 0.15) is 102 Å². The standard InChI is InChI=1S/C50H53N7O5/c1-62-50(61)54-44(38-13-5-2-6-14-38)48(59)57-32-12-18-43(57)46-51-34-42(53-46)37-25-21-35(22-26-37)19-20-36-23-27-40(28-24-36)47(58)52-33-41-17-11-31-56(41)49(60)45(39-15-7-3-8-16-39)55-29-9-4-10-30-55/h2-3,5-8,13-16,21-28,34,41,43-45H,4,9-12,17-18,29-33H2,1H3,(H,51,53)(H,52,58)(H,54,61). The zero-order valence-corrected chi connectivity index (χ0v) is 35.1. The van der Waals surface area contributed by atoms with E-state index >= 15 is 0 Å². The van der Waals surface area contributed by atoms with Crippen molar-refractivity contribution >= 4 is 23.8 Å². The molecular weight excluding hydrogens is 779 g/mol. The number of methoxy groups -OCH3 is 1. The van der Waals surface area contributed by atoms with Gasteiger partial charge in [-0.25, -0.2) is 9.78 Å². The second-order valence-electron chi connectivity index (χ2n) is 16.2. The summed E-state index contributed by atoms with van der Waals surface area (Å²) in [5.41, 5.74) is 5.62. The van der Waals surface area contributed by atoms with Gasteiger partial charge in [-0.05, 0) is 105 Å². The number of hydrogen-bond acceptors (Lipinski definition) is 7. The van der Waals surface area contributed by atoms with Crippen molar-refractivity contribution in [3.05, 3.63) is 149 Å². The van der Waals surface area contributed by atoms with Crippen LogP contribution in [0.25, 0.3) is 11.3 Å². The van der Waals surface area contributed by atoms with E-state index in [0.717, 1.165) is 79.6 Å². The molecule has 3 fully saturated rings. The lowest BCUT2D eigenvalue weighted by Gasteiger charge is -2.37. The van der Waals surface area contributed by atoms with Crippen LogP contribution in [0, 0.1) is 11.8 Å². The van der Waals surface area contributed by atoms with Crippen molar-refractivity contribution in [2.75, 3.05) is 39.8 Å². The van der Waals surface area contributed by atoms with Gasteiger partial charge in [-0.3, -0.25) is 19.3 Å². The molecule has 4 amide bonds. The van der Waals surface area contributed by atoms with Crippen molar-refractivity contribution in [3.8, 4) is 23.1 Å². The van der Waals surface area contributed by atoms with Crippen molar-refractivity contribution in [2.24, 2.45) is 0 Å². The lowest BCUT2D eigenvalue weighted by molar-refractivity contribution is -0.138. The number of piperidine rings is 1. The predicted molar refractivity (Wildman–Crippen MR) is 237 cm³/mol. The molecule has 0 radical (unpaired) electrons. The van der Waals surface area contributed by atoms with Crippen LogP contribution in [0.15, 0.2) is 115 Å². The fraction of sp³-hybridized carbons (Fsp3) is 0.340. The molecule has 3 aliphatic rings. The summed E-state index contributed by atoms with van der Waals surface area (Å²) >= 11 is 0. The molecule has 3 aliphatic heterocycles. The molecule has 0 bridgehead atoms. The largest absolute Gasteiger partial charge is 0.453 e. The van der Waals surface area contributed by atoms with E-state index in [0.29, 0.717) is 36.6 Å². The molecule has 5 aromatic rings. The van der Waals surface area contributed by atoms with Crippen LogP contribution >= 0.6 is 0 Å². The Labute approximate surface area is 363 Å². The molecule has 3 saturated heterocycles. The maximum absolute atomic E-state index is 14.1. The first-order valence-corrected chi connectivity index (χ1v) is 21.7. The highest BCUT2D eigenvalue weighted by Crippen LogP contribution is 2.34. The highest BCUT2D eigenvalue weighted by Gasteiger charge is 2.38. The first kappa shape index (κ1) is 42.0. The smallest absolute Gasteiger partial charge is 0.407 e. The Morgan fingerprint density at radius 2 is 1.35 bits per heavy atom. The molecule has 12 nitrogen and oxygen atoms in total. The van der Waals surface area contributed by atoms with Gasteiger partial charge in [0.25, 0.3) is 11.8 Å². The molecule has 0 aliphatic carbocycles. The highest BCUT2D eigenvalue weighted by atomic mass is 16.5. The molecular formula is C50H53N7O5. The zero-order valence-electron chi connectivity index (χ0n) is 35.1. The van der Waals surface area contributed by atoms with Crippen LogP contribution in [-0.4, -0.2) is 94.4 Å². The van der Waals surface area contributed by atoms with Gasteiger partial charge in [0.15, 0.2) is 0 Å². The lowest BCUT2D eigenvalue weighted by atomic mass is 10.00. The van der Waals surface area contributed by atoms with Crippen LogP contribution in [0.4, 0.5) is 4.79 Å². The molecule has 0 spiro atoms. The third-order valence-electron chi connectivity index (χ3n) is 12.2. The monoisotopic (exact) mass is 831 g/mol. The fourth-order valence-corrected chi connectivity index (χ4v) is 8.95. The quantitative estimate of drug-likeness (QED) is 0.120. The number of carbonyl (C=O) groups excluding carboxylic acids is 4. The summed E-state index contributed by atoms with van der Waals surface area (Å²) in [6, 6.07) is 32.9. The normalized spacial score (nSPS) is 18.6. The number of aromatic nitrogens is 2. The van der Waals surface area contributed by atoms with E-state index in [9.17, 15) is 19.2 Å². The molecule has 0 saturated carbocycles. The third kappa shape index (κ3) is 9.74. The van der Waals surface area contributed by atoms with Gasteiger partial charge in [0.2, 0.25) is 5.91 Å². The minimum absolute atomic E-state index is 0.0425. The van der Waals surface area contributed by atoms with Crippen LogP contribution in [0.3, 0.4) is 0 Å². The summed E-state index contributed by atoms with van der Waals surface area (Å²) in [6.07, 6.45) is 7.86.